The Kier molecular flexibility index (Phi) is 3.19. The molecule has 8 heavy (non-hydrogen) atoms. The maximum atomic E-state index is 10.2. The Balaban J connectivity index is 3.24. The fourth-order valence-corrected chi connectivity index (χ4v) is 0.359. The predicted molar refractivity (Wildman–Crippen MR) is 31.3 cm³/mol. The van der Waals surface area contributed by atoms with E-state index in [9.17, 15) is 4.79 Å². The van der Waals surface area contributed by atoms with Crippen LogP contribution in [-0.4, -0.2) is 19.1 Å². The zero-order valence-electron chi connectivity index (χ0n) is 5.43. The van der Waals surface area contributed by atoms with E-state index < -0.39 is 0 Å². The minimum Gasteiger partial charge on any atom is -0.340 e. The highest BCUT2D eigenvalue weighted by molar-refractivity contribution is 5.73. The van der Waals surface area contributed by atoms with Gasteiger partial charge in [0.05, 0.1) is 6.17 Å². The summed E-state index contributed by atoms with van der Waals surface area (Å²) in [5.74, 6) is -0.0388. The SMILES string of the molecule is C[N]C(C)NC(C)=O. The van der Waals surface area contributed by atoms with Crippen LogP contribution in [0.1, 0.15) is 13.8 Å². The number of amides is 1. The maximum Gasteiger partial charge on any atom is 0.218 e. The highest BCUT2D eigenvalue weighted by atomic mass is 16.1. The third-order valence-electron chi connectivity index (χ3n) is 0.799. The summed E-state index contributed by atoms with van der Waals surface area (Å²) >= 11 is 0. The maximum absolute atomic E-state index is 10.2. The number of carbonyl (C=O) groups excluding carboxylic acids is 1. The Hall–Kier alpha value is -0.570. The molecule has 1 amide bonds. The lowest BCUT2D eigenvalue weighted by Gasteiger charge is -2.07. The van der Waals surface area contributed by atoms with Crippen molar-refractivity contribution in [2.75, 3.05) is 7.05 Å². The molecule has 0 rings (SSSR count). The van der Waals surface area contributed by atoms with E-state index in [4.69, 9.17) is 0 Å². The van der Waals surface area contributed by atoms with Crippen LogP contribution in [0.4, 0.5) is 0 Å². The molecule has 1 unspecified atom stereocenters. The van der Waals surface area contributed by atoms with Crippen LogP contribution >= 0.6 is 0 Å². The van der Waals surface area contributed by atoms with Crippen molar-refractivity contribution in [1.29, 1.82) is 0 Å². The first-order chi connectivity index (χ1) is 3.66. The zero-order valence-corrected chi connectivity index (χ0v) is 5.43. The summed E-state index contributed by atoms with van der Waals surface area (Å²) in [5, 5.41) is 6.38. The summed E-state index contributed by atoms with van der Waals surface area (Å²) in [7, 11) is 1.67. The van der Waals surface area contributed by atoms with Crippen molar-refractivity contribution in [3.05, 3.63) is 0 Å². The second kappa shape index (κ2) is 3.43. The summed E-state index contributed by atoms with van der Waals surface area (Å²) in [6.45, 7) is 3.29. The third-order valence-corrected chi connectivity index (χ3v) is 0.799. The fraction of sp³-hybridized carbons (Fsp3) is 0.800. The number of carbonyl (C=O) groups is 1. The van der Waals surface area contributed by atoms with Crippen LogP contribution in [0.2, 0.25) is 0 Å². The van der Waals surface area contributed by atoms with E-state index in [-0.39, 0.29) is 12.1 Å². The lowest BCUT2D eigenvalue weighted by Crippen LogP contribution is -2.36. The standard InChI is InChI=1S/C5H11N2O/c1-4(6-3)7-5(2)8/h4H,1-3H3,(H,7,8). The predicted octanol–water partition coefficient (Wildman–Crippen LogP) is -0.297. The molecule has 0 saturated heterocycles. The van der Waals surface area contributed by atoms with Crippen molar-refractivity contribution in [3.8, 4) is 0 Å². The molecule has 0 aliphatic rings. The molecule has 0 fully saturated rings. The minimum absolute atomic E-state index is 0.0388. The molecule has 3 heteroatoms. The molecule has 0 spiro atoms. The quantitative estimate of drug-likeness (QED) is 0.527. The summed E-state index contributed by atoms with van der Waals surface area (Å²) in [6.07, 6.45) is -0.0486. The van der Waals surface area contributed by atoms with Crippen molar-refractivity contribution in [1.82, 2.24) is 10.6 Å². The number of rotatable bonds is 2. The Bertz CT molecular complexity index is 82.5. The van der Waals surface area contributed by atoms with Crippen LogP contribution in [0.5, 0.6) is 0 Å². The molecule has 1 atom stereocenters. The first-order valence-electron chi connectivity index (χ1n) is 2.53. The van der Waals surface area contributed by atoms with Gasteiger partial charge in [-0.05, 0) is 6.92 Å². The number of hydrogen-bond acceptors (Lipinski definition) is 1. The van der Waals surface area contributed by atoms with Gasteiger partial charge in [-0.1, -0.05) is 0 Å². The van der Waals surface area contributed by atoms with Gasteiger partial charge in [-0.25, -0.2) is 5.32 Å². The number of hydrogen-bond donors (Lipinski definition) is 1. The Morgan fingerprint density at radius 3 is 2.38 bits per heavy atom. The Labute approximate surface area is 49.5 Å². The van der Waals surface area contributed by atoms with Gasteiger partial charge in [0, 0.05) is 14.0 Å². The van der Waals surface area contributed by atoms with Gasteiger partial charge in [0.15, 0.2) is 0 Å². The van der Waals surface area contributed by atoms with E-state index in [1.54, 1.807) is 7.05 Å². The topological polar surface area (TPSA) is 43.2 Å². The van der Waals surface area contributed by atoms with E-state index in [2.05, 4.69) is 10.6 Å². The largest absolute Gasteiger partial charge is 0.340 e. The van der Waals surface area contributed by atoms with Crippen molar-refractivity contribution >= 4 is 5.91 Å². The van der Waals surface area contributed by atoms with E-state index in [1.807, 2.05) is 6.92 Å². The van der Waals surface area contributed by atoms with Crippen LogP contribution in [0.15, 0.2) is 0 Å². The van der Waals surface area contributed by atoms with E-state index in [0.717, 1.165) is 0 Å². The van der Waals surface area contributed by atoms with Crippen LogP contribution in [-0.2, 0) is 4.79 Å². The van der Waals surface area contributed by atoms with E-state index in [0.29, 0.717) is 0 Å². The van der Waals surface area contributed by atoms with Gasteiger partial charge in [-0.15, -0.1) is 0 Å². The smallest absolute Gasteiger partial charge is 0.218 e. The number of nitrogens with one attached hydrogen (secondary N) is 1. The molecule has 0 aromatic rings. The van der Waals surface area contributed by atoms with Gasteiger partial charge in [0.2, 0.25) is 5.91 Å². The lowest BCUT2D eigenvalue weighted by atomic mass is 10.5. The monoisotopic (exact) mass is 115 g/mol. The summed E-state index contributed by atoms with van der Waals surface area (Å²) in [5.41, 5.74) is 0. The molecule has 0 aromatic heterocycles. The summed E-state index contributed by atoms with van der Waals surface area (Å²) in [6, 6.07) is 0. The Morgan fingerprint density at radius 1 is 1.75 bits per heavy atom. The molecule has 47 valence electrons. The fourth-order valence-electron chi connectivity index (χ4n) is 0.359. The van der Waals surface area contributed by atoms with Gasteiger partial charge in [-0.2, -0.15) is 0 Å². The van der Waals surface area contributed by atoms with E-state index >= 15 is 0 Å². The minimum atomic E-state index is -0.0486. The normalized spacial score (nSPS) is 12.9. The van der Waals surface area contributed by atoms with Crippen LogP contribution in [0, 0.1) is 0 Å². The van der Waals surface area contributed by atoms with Crippen LogP contribution in [0.25, 0.3) is 0 Å². The average Bonchev–Trinajstić information content (AvgIpc) is 1.65. The van der Waals surface area contributed by atoms with Crippen molar-refractivity contribution in [2.45, 2.75) is 20.0 Å². The average molecular weight is 115 g/mol. The van der Waals surface area contributed by atoms with Gasteiger partial charge >= 0.3 is 0 Å². The molecular weight excluding hydrogens is 104 g/mol. The number of nitrogens with zero attached hydrogens (tertiary/aromatic N) is 1. The van der Waals surface area contributed by atoms with Gasteiger partial charge < -0.3 is 5.32 Å². The molecule has 0 aromatic carbocycles. The molecular formula is C5H11N2O. The molecule has 1 N–H and O–H groups in total. The lowest BCUT2D eigenvalue weighted by molar-refractivity contribution is -0.119. The van der Waals surface area contributed by atoms with Gasteiger partial charge in [0.1, 0.15) is 0 Å². The molecule has 0 aliphatic heterocycles. The molecule has 1 radical (unpaired) electrons. The first-order valence-corrected chi connectivity index (χ1v) is 2.53. The molecule has 0 bridgehead atoms. The highest BCUT2D eigenvalue weighted by Crippen LogP contribution is 1.71. The van der Waals surface area contributed by atoms with Gasteiger partial charge in [-0.3, -0.25) is 4.79 Å². The second-order valence-electron chi connectivity index (χ2n) is 1.63. The molecule has 3 nitrogen and oxygen atoms in total. The third kappa shape index (κ3) is 3.61. The summed E-state index contributed by atoms with van der Waals surface area (Å²) < 4.78 is 0. The highest BCUT2D eigenvalue weighted by Gasteiger charge is 1.96. The van der Waals surface area contributed by atoms with Crippen LogP contribution < -0.4 is 10.6 Å². The first kappa shape index (κ1) is 7.43. The van der Waals surface area contributed by atoms with Crippen molar-refractivity contribution in [3.63, 3.8) is 0 Å². The van der Waals surface area contributed by atoms with Gasteiger partial charge in [0.25, 0.3) is 0 Å². The van der Waals surface area contributed by atoms with Crippen LogP contribution in [0.3, 0.4) is 0 Å². The molecule has 0 saturated carbocycles. The molecule has 0 heterocycles. The second-order valence-corrected chi connectivity index (χ2v) is 1.63. The van der Waals surface area contributed by atoms with Crippen molar-refractivity contribution < 1.29 is 4.79 Å². The molecule has 0 aliphatic carbocycles. The van der Waals surface area contributed by atoms with Crippen molar-refractivity contribution in [2.24, 2.45) is 0 Å². The van der Waals surface area contributed by atoms with E-state index in [1.165, 1.54) is 6.92 Å². The Morgan fingerprint density at radius 2 is 2.25 bits per heavy atom. The summed E-state index contributed by atoms with van der Waals surface area (Å²) in [4.78, 5) is 10.2. The zero-order chi connectivity index (χ0) is 6.57.